The van der Waals surface area contributed by atoms with Crippen LogP contribution in [0.3, 0.4) is 0 Å². The van der Waals surface area contributed by atoms with Gasteiger partial charge in [-0.25, -0.2) is 4.79 Å². The molecule has 4 nitrogen and oxygen atoms in total. The normalized spacial score (nSPS) is 11.1. The second-order valence-corrected chi connectivity index (χ2v) is 4.12. The van der Waals surface area contributed by atoms with E-state index >= 15 is 0 Å². The highest BCUT2D eigenvalue weighted by molar-refractivity contribution is 6.27. The molecule has 100 valence electrons. The number of benzene rings is 2. The van der Waals surface area contributed by atoms with Gasteiger partial charge in [0.15, 0.2) is 0 Å². The summed E-state index contributed by atoms with van der Waals surface area (Å²) in [6, 6.07) is 14.5. The summed E-state index contributed by atoms with van der Waals surface area (Å²) >= 11 is 0. The third-order valence-electron chi connectivity index (χ3n) is 2.73. The topological polar surface area (TPSA) is 74.6 Å². The number of phenolic OH excluding ortho intramolecular Hbond substituents is 1. The van der Waals surface area contributed by atoms with Crippen LogP contribution in [0.5, 0.6) is 5.75 Å². The van der Waals surface area contributed by atoms with Gasteiger partial charge in [-0.2, -0.15) is 0 Å². The molecule has 0 saturated carbocycles. The third kappa shape index (κ3) is 2.92. The Balaban J connectivity index is 2.45. The summed E-state index contributed by atoms with van der Waals surface area (Å²) in [5.41, 5.74) is 0.184. The number of aliphatic carboxylic acids is 1. The summed E-state index contributed by atoms with van der Waals surface area (Å²) in [4.78, 5) is 23.5. The number of ketones is 1. The molecule has 0 amide bonds. The van der Waals surface area contributed by atoms with Crippen LogP contribution in [0.1, 0.15) is 15.9 Å². The largest absolute Gasteiger partial charge is 0.507 e. The van der Waals surface area contributed by atoms with Crippen LogP contribution in [0.2, 0.25) is 0 Å². The maximum atomic E-state index is 12.2. The summed E-state index contributed by atoms with van der Waals surface area (Å²) in [7, 11) is 0. The van der Waals surface area contributed by atoms with Crippen LogP contribution >= 0.6 is 0 Å². The Morgan fingerprint density at radius 2 is 1.50 bits per heavy atom. The van der Waals surface area contributed by atoms with Crippen molar-refractivity contribution in [3.63, 3.8) is 0 Å². The van der Waals surface area contributed by atoms with Gasteiger partial charge >= 0.3 is 5.97 Å². The second kappa shape index (κ2) is 5.84. The van der Waals surface area contributed by atoms with Gasteiger partial charge < -0.3 is 10.2 Å². The Morgan fingerprint density at radius 3 is 2.10 bits per heavy atom. The summed E-state index contributed by atoms with van der Waals surface area (Å²) in [5.74, 6) is -2.29. The van der Waals surface area contributed by atoms with Gasteiger partial charge in [-0.15, -0.1) is 0 Å². The smallest absolute Gasteiger partial charge is 0.339 e. The molecule has 2 aromatic rings. The van der Waals surface area contributed by atoms with Gasteiger partial charge in [-0.3, -0.25) is 4.79 Å². The molecule has 0 aromatic heterocycles. The zero-order chi connectivity index (χ0) is 14.5. The van der Waals surface area contributed by atoms with Crippen LogP contribution in [0.25, 0.3) is 6.08 Å². The van der Waals surface area contributed by atoms with Crippen molar-refractivity contribution < 1.29 is 19.8 Å². The first kappa shape index (κ1) is 13.5. The number of Topliss-reactive ketones (excluding diaryl/α,β-unsaturated/α-hetero) is 1. The van der Waals surface area contributed by atoms with E-state index in [1.54, 1.807) is 42.5 Å². The van der Waals surface area contributed by atoms with E-state index in [1.165, 1.54) is 18.2 Å². The van der Waals surface area contributed by atoms with Crippen LogP contribution in [0.15, 0.2) is 60.2 Å². The number of carbonyl (C=O) groups excluding carboxylic acids is 1. The molecule has 0 atom stereocenters. The highest BCUT2D eigenvalue weighted by Crippen LogP contribution is 2.21. The van der Waals surface area contributed by atoms with E-state index in [-0.39, 0.29) is 11.3 Å². The maximum absolute atomic E-state index is 12.2. The lowest BCUT2D eigenvalue weighted by molar-refractivity contribution is -0.132. The molecular weight excluding hydrogens is 256 g/mol. The van der Waals surface area contributed by atoms with Gasteiger partial charge in [0, 0.05) is 0 Å². The molecule has 0 unspecified atom stereocenters. The number of carboxylic acids is 1. The van der Waals surface area contributed by atoms with Crippen molar-refractivity contribution in [3.05, 3.63) is 71.3 Å². The van der Waals surface area contributed by atoms with Crippen molar-refractivity contribution in [1.82, 2.24) is 0 Å². The highest BCUT2D eigenvalue weighted by atomic mass is 16.4. The summed E-state index contributed by atoms with van der Waals surface area (Å²) in [6.45, 7) is 0. The fraction of sp³-hybridized carbons (Fsp3) is 0. The molecule has 0 bridgehead atoms. The number of carboxylic acid groups (broad SMARTS) is 1. The summed E-state index contributed by atoms with van der Waals surface area (Å²) < 4.78 is 0. The molecule has 0 heterocycles. The lowest BCUT2D eigenvalue weighted by Crippen LogP contribution is -2.12. The first-order valence-corrected chi connectivity index (χ1v) is 5.92. The molecule has 2 rings (SSSR count). The Bertz CT molecular complexity index is 672. The Hall–Kier alpha value is -2.88. The van der Waals surface area contributed by atoms with Gasteiger partial charge in [0.2, 0.25) is 5.78 Å². The molecule has 2 aromatic carbocycles. The van der Waals surface area contributed by atoms with Gasteiger partial charge in [-0.1, -0.05) is 42.5 Å². The SMILES string of the molecule is O=C(O)C(=Cc1ccccc1)C(=O)c1ccccc1O. The van der Waals surface area contributed by atoms with E-state index in [9.17, 15) is 19.8 Å². The van der Waals surface area contributed by atoms with Gasteiger partial charge in [0.1, 0.15) is 11.3 Å². The van der Waals surface area contributed by atoms with Crippen molar-refractivity contribution >= 4 is 17.8 Å². The average molecular weight is 268 g/mol. The zero-order valence-corrected chi connectivity index (χ0v) is 10.5. The fourth-order valence-corrected chi connectivity index (χ4v) is 1.75. The first-order chi connectivity index (χ1) is 9.59. The number of aromatic hydroxyl groups is 1. The van der Waals surface area contributed by atoms with Crippen molar-refractivity contribution in [2.24, 2.45) is 0 Å². The predicted molar refractivity (Wildman–Crippen MR) is 74.5 cm³/mol. The Morgan fingerprint density at radius 1 is 0.900 bits per heavy atom. The summed E-state index contributed by atoms with van der Waals surface area (Å²) in [5, 5.41) is 18.8. The monoisotopic (exact) mass is 268 g/mol. The van der Waals surface area contributed by atoms with E-state index in [4.69, 9.17) is 0 Å². The van der Waals surface area contributed by atoms with Crippen LogP contribution in [-0.4, -0.2) is 22.0 Å². The van der Waals surface area contributed by atoms with Gasteiger partial charge in [-0.05, 0) is 23.8 Å². The van der Waals surface area contributed by atoms with Crippen LogP contribution in [-0.2, 0) is 4.79 Å². The molecule has 0 spiro atoms. The standard InChI is InChI=1S/C16H12O4/c17-14-9-5-4-8-12(14)15(18)13(16(19)20)10-11-6-2-1-3-7-11/h1-10,17H,(H,19,20). The second-order valence-electron chi connectivity index (χ2n) is 4.12. The van der Waals surface area contributed by atoms with Crippen molar-refractivity contribution in [3.8, 4) is 5.75 Å². The number of hydrogen-bond acceptors (Lipinski definition) is 3. The molecule has 0 radical (unpaired) electrons. The summed E-state index contributed by atoms with van der Waals surface area (Å²) in [6.07, 6.45) is 1.29. The van der Waals surface area contributed by atoms with E-state index in [1.807, 2.05) is 0 Å². The Kier molecular flexibility index (Phi) is 3.96. The number of phenols is 1. The van der Waals surface area contributed by atoms with Gasteiger partial charge in [0.25, 0.3) is 0 Å². The molecule has 4 heteroatoms. The molecule has 0 saturated heterocycles. The predicted octanol–water partition coefficient (Wildman–Crippen LogP) is 2.74. The van der Waals surface area contributed by atoms with E-state index in [0.29, 0.717) is 5.56 Å². The van der Waals surface area contributed by atoms with Crippen LogP contribution < -0.4 is 0 Å². The highest BCUT2D eigenvalue weighted by Gasteiger charge is 2.21. The Labute approximate surface area is 115 Å². The molecule has 0 aliphatic heterocycles. The number of para-hydroxylation sites is 1. The minimum Gasteiger partial charge on any atom is -0.507 e. The molecule has 20 heavy (non-hydrogen) atoms. The third-order valence-corrected chi connectivity index (χ3v) is 2.73. The minimum absolute atomic E-state index is 0.0305. The van der Waals surface area contributed by atoms with Crippen LogP contribution in [0.4, 0.5) is 0 Å². The lowest BCUT2D eigenvalue weighted by Gasteiger charge is -2.04. The van der Waals surface area contributed by atoms with E-state index < -0.39 is 17.3 Å². The van der Waals surface area contributed by atoms with Crippen molar-refractivity contribution in [2.75, 3.05) is 0 Å². The van der Waals surface area contributed by atoms with Crippen LogP contribution in [0, 0.1) is 0 Å². The lowest BCUT2D eigenvalue weighted by atomic mass is 10.0. The van der Waals surface area contributed by atoms with Gasteiger partial charge in [0.05, 0.1) is 5.56 Å². The molecule has 2 N–H and O–H groups in total. The number of rotatable bonds is 4. The number of hydrogen-bond donors (Lipinski definition) is 2. The average Bonchev–Trinajstić information content (AvgIpc) is 2.45. The fourth-order valence-electron chi connectivity index (χ4n) is 1.75. The maximum Gasteiger partial charge on any atom is 0.339 e. The zero-order valence-electron chi connectivity index (χ0n) is 10.5. The van der Waals surface area contributed by atoms with E-state index in [2.05, 4.69) is 0 Å². The minimum atomic E-state index is -1.33. The molecular formula is C16H12O4. The van der Waals surface area contributed by atoms with Crippen molar-refractivity contribution in [1.29, 1.82) is 0 Å². The quantitative estimate of drug-likeness (QED) is 0.387. The van der Waals surface area contributed by atoms with E-state index in [0.717, 1.165) is 0 Å². The molecule has 0 aliphatic rings. The molecule has 0 fully saturated rings. The first-order valence-electron chi connectivity index (χ1n) is 5.92. The van der Waals surface area contributed by atoms with Crippen molar-refractivity contribution in [2.45, 2.75) is 0 Å². The number of carbonyl (C=O) groups is 2. The molecule has 0 aliphatic carbocycles.